The van der Waals surface area contributed by atoms with Crippen LogP contribution < -0.4 is 9.47 Å². The van der Waals surface area contributed by atoms with E-state index in [1.807, 2.05) is 13.0 Å². The number of benzene rings is 1. The van der Waals surface area contributed by atoms with Crippen molar-refractivity contribution in [1.82, 2.24) is 4.90 Å². The molecule has 1 aromatic carbocycles. The standard InChI is InChI=1S/C25H30N2O6/c1-5-7-12-33-22-10-9-19(15-23(22)31-6-2)14-20-17(3)21(16-26)25(30)27(24(20)29)11-8-13-32-18(4)28/h9-10,14-15H,5-8,11-13H2,1-4H3/b20-14+. The first-order valence-corrected chi connectivity index (χ1v) is 11.1. The summed E-state index contributed by atoms with van der Waals surface area (Å²) in [6, 6.07) is 7.26. The largest absolute Gasteiger partial charge is 0.490 e. The van der Waals surface area contributed by atoms with Gasteiger partial charge in [-0.3, -0.25) is 19.3 Å². The zero-order chi connectivity index (χ0) is 24.4. The Labute approximate surface area is 194 Å². The van der Waals surface area contributed by atoms with Crippen LogP contribution in [-0.2, 0) is 19.1 Å². The molecule has 0 aliphatic carbocycles. The first kappa shape index (κ1) is 25.7. The molecule has 1 aliphatic heterocycles. The molecule has 0 bridgehead atoms. The summed E-state index contributed by atoms with van der Waals surface area (Å²) < 4.78 is 16.4. The summed E-state index contributed by atoms with van der Waals surface area (Å²) >= 11 is 0. The van der Waals surface area contributed by atoms with Crippen LogP contribution in [0, 0.1) is 11.3 Å². The third-order valence-electron chi connectivity index (χ3n) is 4.99. The molecule has 0 saturated carbocycles. The summed E-state index contributed by atoms with van der Waals surface area (Å²) in [5.74, 6) is -0.403. The van der Waals surface area contributed by atoms with E-state index in [-0.39, 0.29) is 30.7 Å². The molecule has 8 nitrogen and oxygen atoms in total. The first-order valence-electron chi connectivity index (χ1n) is 11.1. The van der Waals surface area contributed by atoms with Gasteiger partial charge in [-0.2, -0.15) is 5.26 Å². The van der Waals surface area contributed by atoms with Crippen molar-refractivity contribution in [3.8, 4) is 17.6 Å². The van der Waals surface area contributed by atoms with Gasteiger partial charge in [-0.1, -0.05) is 19.4 Å². The molecule has 0 saturated heterocycles. The molecule has 0 spiro atoms. The number of unbranched alkanes of at least 4 members (excludes halogenated alkanes) is 1. The van der Waals surface area contributed by atoms with Crippen molar-refractivity contribution in [2.75, 3.05) is 26.4 Å². The molecule has 33 heavy (non-hydrogen) atoms. The molecule has 0 radical (unpaired) electrons. The van der Waals surface area contributed by atoms with E-state index >= 15 is 0 Å². The highest BCUT2D eigenvalue weighted by atomic mass is 16.5. The fourth-order valence-corrected chi connectivity index (χ4v) is 3.27. The average molecular weight is 455 g/mol. The number of nitriles is 1. The van der Waals surface area contributed by atoms with Gasteiger partial charge >= 0.3 is 5.97 Å². The Morgan fingerprint density at radius 2 is 1.85 bits per heavy atom. The number of hydrogen-bond acceptors (Lipinski definition) is 7. The Morgan fingerprint density at radius 1 is 1.09 bits per heavy atom. The normalized spacial score (nSPS) is 15.0. The lowest BCUT2D eigenvalue weighted by molar-refractivity contribution is -0.141. The van der Waals surface area contributed by atoms with Crippen molar-refractivity contribution in [3.05, 3.63) is 40.5 Å². The first-order chi connectivity index (χ1) is 15.8. The summed E-state index contributed by atoms with van der Waals surface area (Å²) in [4.78, 5) is 37.8. The van der Waals surface area contributed by atoms with Crippen LogP contribution in [-0.4, -0.2) is 49.0 Å². The van der Waals surface area contributed by atoms with Crippen LogP contribution >= 0.6 is 0 Å². The van der Waals surface area contributed by atoms with Crippen LogP contribution in [0.4, 0.5) is 0 Å². The van der Waals surface area contributed by atoms with Gasteiger partial charge < -0.3 is 14.2 Å². The van der Waals surface area contributed by atoms with E-state index in [2.05, 4.69) is 6.92 Å². The number of esters is 1. The van der Waals surface area contributed by atoms with Crippen LogP contribution in [0.3, 0.4) is 0 Å². The van der Waals surface area contributed by atoms with E-state index in [0.29, 0.717) is 35.8 Å². The monoisotopic (exact) mass is 454 g/mol. The van der Waals surface area contributed by atoms with Gasteiger partial charge in [0.05, 0.1) is 19.8 Å². The molecule has 1 heterocycles. The van der Waals surface area contributed by atoms with Crippen LogP contribution in [0.2, 0.25) is 0 Å². The van der Waals surface area contributed by atoms with E-state index in [1.165, 1.54) is 6.92 Å². The second kappa shape index (κ2) is 12.4. The number of ether oxygens (including phenoxy) is 3. The number of nitrogens with zero attached hydrogens (tertiary/aromatic N) is 2. The molecule has 0 unspecified atom stereocenters. The predicted octanol–water partition coefficient (Wildman–Crippen LogP) is 3.81. The lowest BCUT2D eigenvalue weighted by Gasteiger charge is -2.27. The maximum absolute atomic E-state index is 13.1. The zero-order valence-electron chi connectivity index (χ0n) is 19.6. The van der Waals surface area contributed by atoms with E-state index in [1.54, 1.807) is 31.2 Å². The molecule has 2 rings (SSSR count). The molecule has 0 fully saturated rings. The molecule has 0 N–H and O–H groups in total. The van der Waals surface area contributed by atoms with Crippen LogP contribution in [0.1, 0.15) is 52.5 Å². The molecule has 1 aliphatic rings. The number of carbonyl (C=O) groups is 3. The average Bonchev–Trinajstić information content (AvgIpc) is 2.78. The second-order valence-corrected chi connectivity index (χ2v) is 7.47. The van der Waals surface area contributed by atoms with Gasteiger partial charge in [0, 0.05) is 19.0 Å². The maximum atomic E-state index is 13.1. The van der Waals surface area contributed by atoms with Crippen molar-refractivity contribution in [2.45, 2.75) is 47.0 Å². The maximum Gasteiger partial charge on any atom is 0.302 e. The Bertz CT molecular complexity index is 1000. The topological polar surface area (TPSA) is 106 Å². The summed E-state index contributed by atoms with van der Waals surface area (Å²) in [7, 11) is 0. The summed E-state index contributed by atoms with van der Waals surface area (Å²) in [6.07, 6.45) is 3.85. The minimum Gasteiger partial charge on any atom is -0.490 e. The zero-order valence-corrected chi connectivity index (χ0v) is 19.6. The number of imide groups is 1. The predicted molar refractivity (Wildman–Crippen MR) is 122 cm³/mol. The highest BCUT2D eigenvalue weighted by Crippen LogP contribution is 2.32. The third-order valence-corrected chi connectivity index (χ3v) is 4.99. The highest BCUT2D eigenvalue weighted by molar-refractivity contribution is 6.19. The SMILES string of the molecule is CCCCOc1ccc(/C=C2/C(=O)N(CCCOC(C)=O)C(=O)C(C#N)=C2C)cc1OCC. The minimum atomic E-state index is -0.644. The molecular formula is C25H30N2O6. The summed E-state index contributed by atoms with van der Waals surface area (Å²) in [5.41, 5.74) is 1.17. The molecule has 1 aromatic rings. The second-order valence-electron chi connectivity index (χ2n) is 7.47. The Kier molecular flexibility index (Phi) is 9.67. The van der Waals surface area contributed by atoms with Gasteiger partial charge in [-0.25, -0.2) is 0 Å². The summed E-state index contributed by atoms with van der Waals surface area (Å²) in [5, 5.41) is 9.52. The van der Waals surface area contributed by atoms with Gasteiger partial charge in [0.25, 0.3) is 11.8 Å². The molecule has 2 amide bonds. The van der Waals surface area contributed by atoms with Crippen molar-refractivity contribution in [1.29, 1.82) is 5.26 Å². The molecular weight excluding hydrogens is 424 g/mol. The number of hydrogen-bond donors (Lipinski definition) is 0. The fraction of sp³-hybridized carbons (Fsp3) is 0.440. The number of carbonyl (C=O) groups excluding carboxylic acids is 3. The number of amides is 2. The van der Waals surface area contributed by atoms with Crippen LogP contribution in [0.25, 0.3) is 6.08 Å². The Balaban J connectivity index is 2.36. The van der Waals surface area contributed by atoms with Gasteiger partial charge in [0.2, 0.25) is 0 Å². The molecule has 176 valence electrons. The fourth-order valence-electron chi connectivity index (χ4n) is 3.27. The van der Waals surface area contributed by atoms with E-state index in [0.717, 1.165) is 17.7 Å². The van der Waals surface area contributed by atoms with Crippen molar-refractivity contribution < 1.29 is 28.6 Å². The van der Waals surface area contributed by atoms with Crippen molar-refractivity contribution in [2.24, 2.45) is 0 Å². The smallest absolute Gasteiger partial charge is 0.302 e. The van der Waals surface area contributed by atoms with Crippen molar-refractivity contribution >= 4 is 23.9 Å². The van der Waals surface area contributed by atoms with Crippen molar-refractivity contribution in [3.63, 3.8) is 0 Å². The van der Waals surface area contributed by atoms with Crippen LogP contribution in [0.15, 0.2) is 34.9 Å². The Morgan fingerprint density at radius 3 is 2.48 bits per heavy atom. The quantitative estimate of drug-likeness (QED) is 0.217. The minimum absolute atomic E-state index is 0.0369. The van der Waals surface area contributed by atoms with Gasteiger partial charge in [-0.15, -0.1) is 0 Å². The molecule has 0 aromatic heterocycles. The highest BCUT2D eigenvalue weighted by Gasteiger charge is 2.35. The van der Waals surface area contributed by atoms with E-state index in [4.69, 9.17) is 14.2 Å². The molecule has 8 heteroatoms. The lowest BCUT2D eigenvalue weighted by atomic mass is 9.93. The number of rotatable bonds is 11. The Hall–Kier alpha value is -3.60. The van der Waals surface area contributed by atoms with Gasteiger partial charge in [0.1, 0.15) is 11.6 Å². The lowest BCUT2D eigenvalue weighted by Crippen LogP contribution is -2.43. The van der Waals surface area contributed by atoms with E-state index < -0.39 is 17.8 Å². The van der Waals surface area contributed by atoms with Crippen LogP contribution in [0.5, 0.6) is 11.5 Å². The van der Waals surface area contributed by atoms with Gasteiger partial charge in [0.15, 0.2) is 11.5 Å². The summed E-state index contributed by atoms with van der Waals surface area (Å²) in [6.45, 7) is 7.97. The van der Waals surface area contributed by atoms with E-state index in [9.17, 15) is 19.6 Å². The molecule has 0 atom stereocenters. The third kappa shape index (κ3) is 6.69. The van der Waals surface area contributed by atoms with Gasteiger partial charge in [-0.05, 0) is 56.0 Å².